The largest absolute Gasteiger partial charge is 0.322 e. The normalized spacial score (nSPS) is 13.2. The predicted octanol–water partition coefficient (Wildman–Crippen LogP) is 4.95. The first kappa shape index (κ1) is 20.2. The molecule has 1 N–H and O–H groups in total. The molecule has 1 heterocycles. The monoisotopic (exact) mass is 538 g/mol. The summed E-state index contributed by atoms with van der Waals surface area (Å²) in [5, 5.41) is 2.87. The smallest absolute Gasteiger partial charge is 0.265 e. The number of amides is 1. The molecule has 0 bridgehead atoms. The Balaban J connectivity index is 1.67. The van der Waals surface area contributed by atoms with Crippen LogP contribution >= 0.6 is 34.2 Å². The molecule has 1 aliphatic heterocycles. The Kier molecular flexibility index (Phi) is 5.54. The number of sulfonamides is 1. The molecule has 0 atom stereocenters. The first-order chi connectivity index (χ1) is 13.9. The summed E-state index contributed by atoms with van der Waals surface area (Å²) in [6.45, 7) is 0.344. The molecule has 148 valence electrons. The number of para-hydroxylation sites is 1. The fourth-order valence-electron chi connectivity index (χ4n) is 3.29. The van der Waals surface area contributed by atoms with Crippen molar-refractivity contribution < 1.29 is 13.2 Å². The van der Waals surface area contributed by atoms with Crippen molar-refractivity contribution >= 4 is 61.5 Å². The number of anilines is 2. The van der Waals surface area contributed by atoms with E-state index in [0.717, 1.165) is 9.13 Å². The number of carbonyl (C=O) groups is 1. The second-order valence-corrected chi connectivity index (χ2v) is 10.0. The lowest BCUT2D eigenvalue weighted by molar-refractivity contribution is 0.102. The maximum atomic E-state index is 13.3. The number of benzene rings is 3. The summed E-state index contributed by atoms with van der Waals surface area (Å²) < 4.78 is 28.9. The van der Waals surface area contributed by atoms with Crippen molar-refractivity contribution in [3.8, 4) is 0 Å². The maximum absolute atomic E-state index is 13.3. The van der Waals surface area contributed by atoms with Gasteiger partial charge in [0.05, 0.1) is 10.7 Å². The zero-order chi connectivity index (χ0) is 20.6. The van der Waals surface area contributed by atoms with Crippen LogP contribution in [0.2, 0.25) is 5.02 Å². The van der Waals surface area contributed by atoms with Crippen molar-refractivity contribution in [2.75, 3.05) is 16.2 Å². The van der Waals surface area contributed by atoms with E-state index in [-0.39, 0.29) is 15.5 Å². The minimum Gasteiger partial charge on any atom is -0.322 e. The molecule has 29 heavy (non-hydrogen) atoms. The summed E-state index contributed by atoms with van der Waals surface area (Å²) in [4.78, 5) is 12.6. The number of fused-ring (bicyclic) bond motifs is 1. The highest BCUT2D eigenvalue weighted by Gasteiger charge is 2.32. The van der Waals surface area contributed by atoms with E-state index < -0.39 is 15.9 Å². The molecule has 0 saturated heterocycles. The molecular weight excluding hydrogens is 523 g/mol. The van der Waals surface area contributed by atoms with E-state index in [1.807, 2.05) is 30.3 Å². The third-order valence-corrected chi connectivity index (χ3v) is 7.65. The molecule has 1 aliphatic rings. The Morgan fingerprint density at radius 1 is 1.03 bits per heavy atom. The topological polar surface area (TPSA) is 66.5 Å². The summed E-state index contributed by atoms with van der Waals surface area (Å²) >= 11 is 8.39. The van der Waals surface area contributed by atoms with Crippen molar-refractivity contribution in [3.05, 3.63) is 86.4 Å². The SMILES string of the molecule is O=C(Nc1cccc(I)c1)c1ccc(Cl)c(S(=O)(=O)N2CCc3ccccc32)c1. The van der Waals surface area contributed by atoms with E-state index in [4.69, 9.17) is 11.6 Å². The molecule has 3 aromatic carbocycles. The lowest BCUT2D eigenvalue weighted by Crippen LogP contribution is -2.29. The average Bonchev–Trinajstić information content (AvgIpc) is 3.13. The van der Waals surface area contributed by atoms with Gasteiger partial charge >= 0.3 is 0 Å². The van der Waals surface area contributed by atoms with Crippen LogP contribution < -0.4 is 9.62 Å². The molecule has 5 nitrogen and oxygen atoms in total. The number of rotatable bonds is 4. The van der Waals surface area contributed by atoms with Gasteiger partial charge in [0, 0.05) is 21.4 Å². The lowest BCUT2D eigenvalue weighted by Gasteiger charge is -2.20. The molecule has 0 aliphatic carbocycles. The lowest BCUT2D eigenvalue weighted by atomic mass is 10.2. The van der Waals surface area contributed by atoms with Gasteiger partial charge in [0.1, 0.15) is 4.90 Å². The number of hydrogen-bond donors (Lipinski definition) is 1. The van der Waals surface area contributed by atoms with Gasteiger partial charge in [-0.1, -0.05) is 35.9 Å². The van der Waals surface area contributed by atoms with Crippen LogP contribution in [-0.4, -0.2) is 20.9 Å². The van der Waals surface area contributed by atoms with Crippen LogP contribution in [0.25, 0.3) is 0 Å². The average molecular weight is 539 g/mol. The van der Waals surface area contributed by atoms with Crippen molar-refractivity contribution in [2.24, 2.45) is 0 Å². The van der Waals surface area contributed by atoms with Crippen LogP contribution in [-0.2, 0) is 16.4 Å². The zero-order valence-electron chi connectivity index (χ0n) is 15.1. The fourth-order valence-corrected chi connectivity index (χ4v) is 5.84. The van der Waals surface area contributed by atoms with Crippen LogP contribution in [0.1, 0.15) is 15.9 Å². The maximum Gasteiger partial charge on any atom is 0.265 e. The quantitative estimate of drug-likeness (QED) is 0.478. The molecule has 0 saturated carbocycles. The van der Waals surface area contributed by atoms with Gasteiger partial charge in [0.15, 0.2) is 0 Å². The van der Waals surface area contributed by atoms with Crippen LogP contribution in [0.3, 0.4) is 0 Å². The first-order valence-electron chi connectivity index (χ1n) is 8.83. The Bertz CT molecular complexity index is 1210. The first-order valence-corrected chi connectivity index (χ1v) is 11.7. The molecule has 0 radical (unpaired) electrons. The van der Waals surface area contributed by atoms with E-state index in [1.54, 1.807) is 18.2 Å². The Morgan fingerprint density at radius 2 is 1.83 bits per heavy atom. The fraction of sp³-hybridized carbons (Fsp3) is 0.0952. The standard InChI is InChI=1S/C21H16ClIN2O3S/c22-18-9-8-15(21(26)24-17-6-3-5-16(23)13-17)12-20(18)29(27,28)25-11-10-14-4-1-2-7-19(14)25/h1-9,12-13H,10-11H2,(H,24,26). The highest BCUT2D eigenvalue weighted by atomic mass is 127. The van der Waals surface area contributed by atoms with Gasteiger partial charge < -0.3 is 5.32 Å². The van der Waals surface area contributed by atoms with Gasteiger partial charge in [-0.05, 0) is 77.0 Å². The number of halogens is 2. The van der Waals surface area contributed by atoms with Gasteiger partial charge in [-0.15, -0.1) is 0 Å². The van der Waals surface area contributed by atoms with E-state index in [2.05, 4.69) is 27.9 Å². The van der Waals surface area contributed by atoms with Crippen LogP contribution in [0.5, 0.6) is 0 Å². The third-order valence-electron chi connectivity index (χ3n) is 4.69. The van der Waals surface area contributed by atoms with Gasteiger partial charge in [-0.2, -0.15) is 0 Å². The summed E-state index contributed by atoms with van der Waals surface area (Å²) in [6, 6.07) is 19.0. The summed E-state index contributed by atoms with van der Waals surface area (Å²) in [5.41, 5.74) is 2.48. The third kappa shape index (κ3) is 3.99. The van der Waals surface area contributed by atoms with Gasteiger partial charge in [-0.3, -0.25) is 9.10 Å². The Labute approximate surface area is 187 Å². The summed E-state index contributed by atoms with van der Waals surface area (Å²) in [5.74, 6) is -0.401. The van der Waals surface area contributed by atoms with Crippen molar-refractivity contribution in [1.82, 2.24) is 0 Å². The summed E-state index contributed by atoms with van der Waals surface area (Å²) in [6.07, 6.45) is 0.639. The number of nitrogens with one attached hydrogen (secondary N) is 1. The van der Waals surface area contributed by atoms with Crippen molar-refractivity contribution in [1.29, 1.82) is 0 Å². The van der Waals surface area contributed by atoms with Crippen molar-refractivity contribution in [3.63, 3.8) is 0 Å². The van der Waals surface area contributed by atoms with Crippen LogP contribution in [0.4, 0.5) is 11.4 Å². The molecule has 0 fully saturated rings. The molecular formula is C21H16ClIN2O3S. The molecule has 0 unspecified atom stereocenters. The molecule has 3 aromatic rings. The predicted molar refractivity (Wildman–Crippen MR) is 123 cm³/mol. The van der Waals surface area contributed by atoms with Crippen molar-refractivity contribution in [2.45, 2.75) is 11.3 Å². The molecule has 8 heteroatoms. The van der Waals surface area contributed by atoms with E-state index in [0.29, 0.717) is 24.3 Å². The second kappa shape index (κ2) is 7.97. The van der Waals surface area contributed by atoms with Gasteiger partial charge in [-0.25, -0.2) is 8.42 Å². The van der Waals surface area contributed by atoms with Crippen LogP contribution in [0, 0.1) is 3.57 Å². The molecule has 0 spiro atoms. The van der Waals surface area contributed by atoms with E-state index in [9.17, 15) is 13.2 Å². The number of carbonyl (C=O) groups excluding carboxylic acids is 1. The van der Waals surface area contributed by atoms with Gasteiger partial charge in [0.25, 0.3) is 15.9 Å². The zero-order valence-corrected chi connectivity index (χ0v) is 18.8. The Hall–Kier alpha value is -2.10. The Morgan fingerprint density at radius 3 is 2.62 bits per heavy atom. The highest BCUT2D eigenvalue weighted by Crippen LogP contribution is 2.35. The van der Waals surface area contributed by atoms with E-state index in [1.165, 1.54) is 22.5 Å². The number of nitrogens with zero attached hydrogens (tertiary/aromatic N) is 1. The summed E-state index contributed by atoms with van der Waals surface area (Å²) in [7, 11) is -3.90. The molecule has 0 aromatic heterocycles. The highest BCUT2D eigenvalue weighted by molar-refractivity contribution is 14.1. The molecule has 4 rings (SSSR count). The van der Waals surface area contributed by atoms with Gasteiger partial charge in [0.2, 0.25) is 0 Å². The minimum absolute atomic E-state index is 0.0776. The minimum atomic E-state index is -3.90. The number of hydrogen-bond acceptors (Lipinski definition) is 3. The van der Waals surface area contributed by atoms with Crippen LogP contribution in [0.15, 0.2) is 71.6 Å². The van der Waals surface area contributed by atoms with E-state index >= 15 is 0 Å². The molecule has 1 amide bonds. The second-order valence-electron chi connectivity index (χ2n) is 6.57.